The maximum atomic E-state index is 13.3. The zero-order valence-electron chi connectivity index (χ0n) is 24.3. The van der Waals surface area contributed by atoms with Crippen LogP contribution < -0.4 is 5.32 Å². The lowest BCUT2D eigenvalue weighted by molar-refractivity contribution is -0.115. The number of aliphatic hydroxyl groups excluding tert-OH is 1. The molecule has 230 valence electrons. The highest BCUT2D eigenvalue weighted by Crippen LogP contribution is 2.27. The summed E-state index contributed by atoms with van der Waals surface area (Å²) in [5.41, 5.74) is 0.161. The molecule has 0 fully saturated rings. The molecule has 0 bridgehead atoms. The lowest BCUT2D eigenvalue weighted by atomic mass is 10.1. The van der Waals surface area contributed by atoms with Crippen LogP contribution in [0.25, 0.3) is 0 Å². The van der Waals surface area contributed by atoms with E-state index in [1.165, 1.54) is 29.2 Å². The van der Waals surface area contributed by atoms with Gasteiger partial charge in [-0.15, -0.1) is 0 Å². The summed E-state index contributed by atoms with van der Waals surface area (Å²) in [5.74, 6) is -1.79. The number of carboxylic acids is 1. The molecule has 0 unspecified atom stereocenters. The number of nitrogens with zero attached hydrogens (tertiary/aromatic N) is 1. The Labute approximate surface area is 256 Å². The molecular weight excluding hydrogens is 596 g/mol. The molecule has 0 saturated carbocycles. The fourth-order valence-electron chi connectivity index (χ4n) is 4.06. The van der Waals surface area contributed by atoms with E-state index in [9.17, 15) is 33.0 Å². The van der Waals surface area contributed by atoms with Gasteiger partial charge in [-0.3, -0.25) is 4.79 Å². The third-order valence-electron chi connectivity index (χ3n) is 6.31. The Hall–Kier alpha value is -3.93. The molecule has 0 aliphatic heterocycles. The minimum atomic E-state index is -4.08. The molecule has 2 amide bonds. The normalized spacial score (nSPS) is 12.3. The molecule has 3 N–H and O–H groups in total. The molecule has 10 nitrogen and oxygen atoms in total. The average molecular weight is 631 g/mol. The number of aromatic carboxylic acids is 1. The maximum absolute atomic E-state index is 13.3. The number of anilines is 1. The number of hydrogen-bond donors (Lipinski definition) is 3. The number of carbonyl (C=O) groups excluding carboxylic acids is 2. The Bertz CT molecular complexity index is 1580. The number of halogens is 1. The van der Waals surface area contributed by atoms with Crippen LogP contribution in [-0.2, 0) is 25.8 Å². The lowest BCUT2D eigenvalue weighted by Gasteiger charge is -2.29. The minimum Gasteiger partial charge on any atom is -0.478 e. The first-order valence-corrected chi connectivity index (χ1v) is 15.4. The smallest absolute Gasteiger partial charge is 0.410 e. The number of carboxylic acid groups (broad SMARTS) is 1. The Balaban J connectivity index is 1.79. The Kier molecular flexibility index (Phi) is 11.0. The van der Waals surface area contributed by atoms with E-state index in [1.54, 1.807) is 64.1 Å². The Morgan fingerprint density at radius 1 is 1.00 bits per heavy atom. The summed E-state index contributed by atoms with van der Waals surface area (Å²) in [7, 11) is -4.08. The highest BCUT2D eigenvalue weighted by atomic mass is 35.5. The van der Waals surface area contributed by atoms with Gasteiger partial charge in [0.05, 0.1) is 33.7 Å². The van der Waals surface area contributed by atoms with E-state index in [-0.39, 0.29) is 40.6 Å². The monoisotopic (exact) mass is 630 g/mol. The second kappa shape index (κ2) is 14.0. The van der Waals surface area contributed by atoms with E-state index in [1.807, 2.05) is 0 Å². The first kappa shape index (κ1) is 33.6. The number of benzene rings is 3. The van der Waals surface area contributed by atoms with Crippen LogP contribution >= 0.6 is 11.6 Å². The number of nitrogens with one attached hydrogen (secondary N) is 1. The SMILES string of the molecule is CCC(=O)Nc1ccc(S(=O)(=O)c2ccc(CCN(C[C@@H](O)c3cccc(Cl)c3)C(=O)OC(C)(C)C)cc2)cc1C(=O)O. The Morgan fingerprint density at radius 3 is 2.23 bits per heavy atom. The number of carbonyl (C=O) groups is 3. The van der Waals surface area contributed by atoms with Crippen molar-refractivity contribution in [3.63, 3.8) is 0 Å². The molecule has 1 atom stereocenters. The summed E-state index contributed by atoms with van der Waals surface area (Å²) in [4.78, 5) is 37.5. The van der Waals surface area contributed by atoms with Crippen LogP contribution in [0.1, 0.15) is 61.7 Å². The van der Waals surface area contributed by atoms with Gasteiger partial charge < -0.3 is 25.2 Å². The molecule has 3 rings (SSSR count). The van der Waals surface area contributed by atoms with E-state index < -0.39 is 39.5 Å². The second-order valence-corrected chi connectivity index (χ2v) is 13.2. The van der Waals surface area contributed by atoms with Crippen molar-refractivity contribution in [3.8, 4) is 0 Å². The van der Waals surface area contributed by atoms with E-state index in [4.69, 9.17) is 16.3 Å². The van der Waals surface area contributed by atoms with Gasteiger partial charge in [-0.1, -0.05) is 42.8 Å². The molecule has 0 radical (unpaired) electrons. The molecule has 0 heterocycles. The first-order valence-electron chi connectivity index (χ1n) is 13.5. The third kappa shape index (κ3) is 9.28. The maximum Gasteiger partial charge on any atom is 0.410 e. The largest absolute Gasteiger partial charge is 0.478 e. The number of hydrogen-bond acceptors (Lipinski definition) is 7. The summed E-state index contributed by atoms with van der Waals surface area (Å²) in [6, 6.07) is 16.2. The lowest BCUT2D eigenvalue weighted by Crippen LogP contribution is -2.40. The molecule has 0 aromatic heterocycles. The molecule has 12 heteroatoms. The van der Waals surface area contributed by atoms with Gasteiger partial charge in [-0.25, -0.2) is 18.0 Å². The van der Waals surface area contributed by atoms with Crippen molar-refractivity contribution in [2.75, 3.05) is 18.4 Å². The minimum absolute atomic E-state index is 0.00340. The summed E-state index contributed by atoms with van der Waals surface area (Å²) in [5, 5.41) is 23.3. The first-order chi connectivity index (χ1) is 20.1. The summed E-state index contributed by atoms with van der Waals surface area (Å²) < 4.78 is 32.1. The standard InChI is InChI=1S/C31H35ClN2O8S/c1-5-28(36)33-26-14-13-24(18-25(26)29(37)38)43(40,41)23-11-9-20(10-12-23)15-16-34(30(39)42-31(2,3)4)19-27(35)21-7-6-8-22(32)17-21/h6-14,17-18,27,35H,5,15-16,19H2,1-4H3,(H,33,36)(H,37,38)/t27-/m1/s1. The predicted molar refractivity (Wildman–Crippen MR) is 162 cm³/mol. The van der Waals surface area contributed by atoms with E-state index in [0.29, 0.717) is 22.6 Å². The molecular formula is C31H35ClN2O8S. The van der Waals surface area contributed by atoms with Gasteiger partial charge in [0.2, 0.25) is 15.7 Å². The van der Waals surface area contributed by atoms with Crippen molar-refractivity contribution in [2.24, 2.45) is 0 Å². The van der Waals surface area contributed by atoms with Crippen molar-refractivity contribution in [2.45, 2.75) is 62.0 Å². The fraction of sp³-hybridized carbons (Fsp3) is 0.323. The summed E-state index contributed by atoms with van der Waals surface area (Å²) in [6.07, 6.45) is -1.17. The van der Waals surface area contributed by atoms with Crippen molar-refractivity contribution >= 4 is 45.1 Å². The predicted octanol–water partition coefficient (Wildman–Crippen LogP) is 5.73. The van der Waals surface area contributed by atoms with Crippen LogP contribution in [0.15, 0.2) is 76.5 Å². The number of rotatable bonds is 11. The summed E-state index contributed by atoms with van der Waals surface area (Å²) in [6.45, 7) is 6.95. The van der Waals surface area contributed by atoms with Crippen LogP contribution in [0, 0.1) is 0 Å². The van der Waals surface area contributed by atoms with E-state index in [2.05, 4.69) is 5.32 Å². The zero-order chi connectivity index (χ0) is 31.9. The number of aliphatic hydroxyl groups is 1. The number of ether oxygens (including phenoxy) is 1. The average Bonchev–Trinajstić information content (AvgIpc) is 2.94. The van der Waals surface area contributed by atoms with Crippen LogP contribution in [-0.4, -0.2) is 60.2 Å². The molecule has 0 saturated heterocycles. The van der Waals surface area contributed by atoms with Gasteiger partial charge in [0.15, 0.2) is 0 Å². The van der Waals surface area contributed by atoms with Gasteiger partial charge in [0.25, 0.3) is 0 Å². The van der Waals surface area contributed by atoms with E-state index in [0.717, 1.165) is 6.07 Å². The number of amides is 2. The fourth-order valence-corrected chi connectivity index (χ4v) is 5.55. The Morgan fingerprint density at radius 2 is 1.65 bits per heavy atom. The zero-order valence-corrected chi connectivity index (χ0v) is 25.9. The van der Waals surface area contributed by atoms with Gasteiger partial charge in [0.1, 0.15) is 5.60 Å². The van der Waals surface area contributed by atoms with Crippen molar-refractivity contribution < 1.29 is 37.8 Å². The molecule has 0 aliphatic rings. The van der Waals surface area contributed by atoms with Crippen LogP contribution in [0.4, 0.5) is 10.5 Å². The molecule has 0 spiro atoms. The number of sulfone groups is 1. The second-order valence-electron chi connectivity index (χ2n) is 10.8. The highest BCUT2D eigenvalue weighted by molar-refractivity contribution is 7.91. The van der Waals surface area contributed by atoms with Gasteiger partial charge in [-0.05, 0) is 80.8 Å². The van der Waals surface area contributed by atoms with Crippen molar-refractivity contribution in [1.82, 2.24) is 4.90 Å². The van der Waals surface area contributed by atoms with Gasteiger partial charge in [0, 0.05) is 18.0 Å². The molecule has 3 aromatic rings. The van der Waals surface area contributed by atoms with Crippen LogP contribution in [0.5, 0.6) is 0 Å². The molecule has 0 aliphatic carbocycles. The quantitative estimate of drug-likeness (QED) is 0.243. The topological polar surface area (TPSA) is 150 Å². The molecule has 3 aromatic carbocycles. The van der Waals surface area contributed by atoms with Crippen molar-refractivity contribution in [3.05, 3.63) is 88.4 Å². The summed E-state index contributed by atoms with van der Waals surface area (Å²) >= 11 is 6.05. The van der Waals surface area contributed by atoms with E-state index >= 15 is 0 Å². The van der Waals surface area contributed by atoms with Crippen molar-refractivity contribution in [1.29, 1.82) is 0 Å². The van der Waals surface area contributed by atoms with Gasteiger partial charge >= 0.3 is 12.1 Å². The molecule has 43 heavy (non-hydrogen) atoms. The third-order valence-corrected chi connectivity index (χ3v) is 8.31. The van der Waals surface area contributed by atoms with Crippen LogP contribution in [0.2, 0.25) is 5.02 Å². The van der Waals surface area contributed by atoms with Crippen LogP contribution in [0.3, 0.4) is 0 Å². The van der Waals surface area contributed by atoms with Gasteiger partial charge in [-0.2, -0.15) is 0 Å². The highest BCUT2D eigenvalue weighted by Gasteiger charge is 2.25.